The van der Waals surface area contributed by atoms with Crippen molar-refractivity contribution >= 4 is 19.8 Å². The number of phosphoric ester groups is 1. The van der Waals surface area contributed by atoms with E-state index in [1.807, 2.05) is 21.1 Å². The zero-order chi connectivity index (χ0) is 57.7. The number of carbonyl (C=O) groups excluding carboxylic acids is 2. The molecular weight excluding hydrogens is 1000 g/mol. The number of phosphoric acid groups is 1. The fourth-order valence-corrected chi connectivity index (χ4v) is 11.7. The Kier molecular flexibility index (Phi) is 60.8. The van der Waals surface area contributed by atoms with E-state index in [1.165, 1.54) is 315 Å². The first-order valence-electron chi connectivity index (χ1n) is 35.3. The minimum atomic E-state index is -4.38. The molecule has 0 saturated heterocycles. The number of hydrogen-bond acceptors (Lipinski definition) is 7. The van der Waals surface area contributed by atoms with Gasteiger partial charge in [-0.3, -0.25) is 18.6 Å². The van der Waals surface area contributed by atoms with Crippen molar-refractivity contribution in [1.29, 1.82) is 0 Å². The summed E-state index contributed by atoms with van der Waals surface area (Å²) in [6.07, 6.45) is 73.6. The van der Waals surface area contributed by atoms with E-state index in [2.05, 4.69) is 13.8 Å². The third-order valence-corrected chi connectivity index (χ3v) is 17.4. The molecule has 2 unspecified atom stereocenters. The van der Waals surface area contributed by atoms with E-state index in [0.717, 1.165) is 38.5 Å². The average Bonchev–Trinajstić information content (AvgIpc) is 3.41. The lowest BCUT2D eigenvalue weighted by Crippen LogP contribution is -2.37. The van der Waals surface area contributed by atoms with Crippen LogP contribution in [0.3, 0.4) is 0 Å². The van der Waals surface area contributed by atoms with Gasteiger partial charge in [-0.25, -0.2) is 4.57 Å². The number of ether oxygens (including phenoxy) is 2. The van der Waals surface area contributed by atoms with E-state index in [-0.39, 0.29) is 25.6 Å². The van der Waals surface area contributed by atoms with Crippen LogP contribution in [0, 0.1) is 0 Å². The molecule has 1 N–H and O–H groups in total. The lowest BCUT2D eigenvalue weighted by atomic mass is 10.0. The maximum atomic E-state index is 12.9. The van der Waals surface area contributed by atoms with Crippen LogP contribution >= 0.6 is 7.82 Å². The first kappa shape index (κ1) is 78.0. The van der Waals surface area contributed by atoms with Crippen LogP contribution in [0.4, 0.5) is 0 Å². The van der Waals surface area contributed by atoms with Gasteiger partial charge in [0.05, 0.1) is 27.7 Å². The van der Waals surface area contributed by atoms with E-state index in [9.17, 15) is 19.0 Å². The Morgan fingerprint density at radius 2 is 0.570 bits per heavy atom. The summed E-state index contributed by atoms with van der Waals surface area (Å²) in [5.41, 5.74) is 0. The van der Waals surface area contributed by atoms with Crippen molar-refractivity contribution in [3.05, 3.63) is 0 Å². The van der Waals surface area contributed by atoms with Crippen molar-refractivity contribution in [3.63, 3.8) is 0 Å². The summed E-state index contributed by atoms with van der Waals surface area (Å²) in [4.78, 5) is 35.8. The molecule has 0 aromatic rings. The Labute approximate surface area is 493 Å². The molecule has 2 atom stereocenters. The molecule has 0 amide bonds. The normalized spacial score (nSPS) is 13.0. The third kappa shape index (κ3) is 66.0. The zero-order valence-electron chi connectivity index (χ0n) is 53.9. The molecule has 0 saturated carbocycles. The Bertz CT molecular complexity index is 1290. The van der Waals surface area contributed by atoms with E-state index in [1.54, 1.807) is 0 Å². The van der Waals surface area contributed by atoms with Gasteiger partial charge in [0.25, 0.3) is 0 Å². The fraction of sp³-hybridized carbons (Fsp3) is 0.971. The van der Waals surface area contributed by atoms with Gasteiger partial charge in [0, 0.05) is 12.8 Å². The second-order valence-electron chi connectivity index (χ2n) is 25.6. The molecule has 0 heterocycles. The van der Waals surface area contributed by atoms with Crippen molar-refractivity contribution in [2.75, 3.05) is 47.5 Å². The van der Waals surface area contributed by atoms with Crippen molar-refractivity contribution in [1.82, 2.24) is 0 Å². The SMILES string of the molecule is CCCCCCCCCCCCCCCCCCCCCCCCCCCCCCCCCCC(=O)OC(COC(=O)CCCCCCCCCCCCCCCCCCCCCCCCC)COP(=O)(O)OCC[N+](C)(C)C. The summed E-state index contributed by atoms with van der Waals surface area (Å²) in [7, 11) is 1.51. The molecule has 0 fully saturated rings. The van der Waals surface area contributed by atoms with E-state index in [4.69, 9.17) is 18.5 Å². The van der Waals surface area contributed by atoms with Crippen LogP contribution in [-0.2, 0) is 32.7 Å². The van der Waals surface area contributed by atoms with E-state index >= 15 is 0 Å². The molecular formula is C69H139NO8P+. The molecule has 0 aliphatic heterocycles. The standard InChI is InChI=1S/C69H138NO8P/c1-6-8-10-12-14-16-18-20-22-24-26-28-30-31-32-33-34-35-36-37-38-40-42-44-46-48-50-52-54-56-58-60-62-69(72)78-67(66-77-79(73,74)76-64-63-70(3,4)5)65-75-68(71)61-59-57-55-53-51-49-47-45-43-41-39-29-27-25-23-21-19-17-15-13-11-9-7-2/h67H,6-66H2,1-5H3/p+1. The van der Waals surface area contributed by atoms with Crippen LogP contribution in [0.15, 0.2) is 0 Å². The second kappa shape index (κ2) is 61.6. The summed E-state index contributed by atoms with van der Waals surface area (Å²) >= 11 is 0. The molecule has 0 aliphatic carbocycles. The van der Waals surface area contributed by atoms with E-state index in [0.29, 0.717) is 17.4 Å². The highest BCUT2D eigenvalue weighted by molar-refractivity contribution is 7.47. The Morgan fingerprint density at radius 3 is 0.810 bits per heavy atom. The summed E-state index contributed by atoms with van der Waals surface area (Å²) < 4.78 is 34.7. The first-order valence-corrected chi connectivity index (χ1v) is 36.8. The highest BCUT2D eigenvalue weighted by Gasteiger charge is 2.27. The molecule has 0 aromatic heterocycles. The van der Waals surface area contributed by atoms with E-state index < -0.39 is 26.5 Å². The topological polar surface area (TPSA) is 108 Å². The average molecular weight is 1140 g/mol. The number of likely N-dealkylation sites (N-methyl/N-ethyl adjacent to an activating group) is 1. The van der Waals surface area contributed by atoms with Crippen LogP contribution in [0.1, 0.15) is 380 Å². The predicted octanol–water partition coefficient (Wildman–Crippen LogP) is 22.6. The number of hydrogen-bond donors (Lipinski definition) is 1. The molecule has 0 aliphatic rings. The van der Waals surface area contributed by atoms with Crippen LogP contribution in [0.2, 0.25) is 0 Å². The van der Waals surface area contributed by atoms with Gasteiger partial charge in [0.1, 0.15) is 19.8 Å². The van der Waals surface area contributed by atoms with Gasteiger partial charge in [-0.2, -0.15) is 0 Å². The van der Waals surface area contributed by atoms with Crippen LogP contribution in [0.5, 0.6) is 0 Å². The van der Waals surface area contributed by atoms with Gasteiger partial charge in [-0.1, -0.05) is 354 Å². The lowest BCUT2D eigenvalue weighted by Gasteiger charge is -2.24. The quantitative estimate of drug-likeness (QED) is 0.0278. The van der Waals surface area contributed by atoms with Gasteiger partial charge in [-0.05, 0) is 12.8 Å². The van der Waals surface area contributed by atoms with Crippen molar-refractivity contribution in [2.24, 2.45) is 0 Å². The second-order valence-corrected chi connectivity index (χ2v) is 27.1. The summed E-state index contributed by atoms with van der Waals surface area (Å²) in [6.45, 7) is 4.53. The van der Waals surface area contributed by atoms with Crippen LogP contribution in [-0.4, -0.2) is 74.9 Å². The van der Waals surface area contributed by atoms with Crippen molar-refractivity contribution in [3.8, 4) is 0 Å². The number of nitrogens with zero attached hydrogens (tertiary/aromatic N) is 1. The molecule has 79 heavy (non-hydrogen) atoms. The maximum absolute atomic E-state index is 12.9. The molecule has 0 rings (SSSR count). The fourth-order valence-electron chi connectivity index (χ4n) is 11.0. The number of quaternary nitrogens is 1. The number of esters is 2. The Morgan fingerprint density at radius 1 is 0.342 bits per heavy atom. The maximum Gasteiger partial charge on any atom is 0.472 e. The summed E-state index contributed by atoms with van der Waals surface area (Å²) in [5.74, 6) is -0.768. The van der Waals surface area contributed by atoms with Gasteiger partial charge in [0.2, 0.25) is 0 Å². The highest BCUT2D eigenvalue weighted by atomic mass is 31.2. The van der Waals surface area contributed by atoms with Gasteiger partial charge >= 0.3 is 19.8 Å². The monoisotopic (exact) mass is 1140 g/mol. The van der Waals surface area contributed by atoms with Crippen LogP contribution in [0.25, 0.3) is 0 Å². The van der Waals surface area contributed by atoms with Crippen molar-refractivity contribution in [2.45, 2.75) is 386 Å². The molecule has 472 valence electrons. The molecule has 0 spiro atoms. The third-order valence-electron chi connectivity index (χ3n) is 16.4. The smallest absolute Gasteiger partial charge is 0.462 e. The van der Waals surface area contributed by atoms with Gasteiger partial charge in [-0.15, -0.1) is 0 Å². The molecule has 10 heteroatoms. The minimum absolute atomic E-state index is 0.0377. The number of rotatable bonds is 67. The summed E-state index contributed by atoms with van der Waals surface area (Å²) in [5, 5.41) is 0. The van der Waals surface area contributed by atoms with Gasteiger partial charge < -0.3 is 18.9 Å². The molecule has 0 aromatic carbocycles. The van der Waals surface area contributed by atoms with Gasteiger partial charge in [0.15, 0.2) is 6.10 Å². The molecule has 0 radical (unpaired) electrons. The number of carbonyl (C=O) groups is 2. The highest BCUT2D eigenvalue weighted by Crippen LogP contribution is 2.43. The molecule has 0 bridgehead atoms. The zero-order valence-corrected chi connectivity index (χ0v) is 54.8. The predicted molar refractivity (Wildman–Crippen MR) is 340 cm³/mol. The number of unbranched alkanes of at least 4 members (excludes halogenated alkanes) is 53. The Balaban J connectivity index is 3.95. The first-order chi connectivity index (χ1) is 38.5. The van der Waals surface area contributed by atoms with Crippen LogP contribution < -0.4 is 0 Å². The van der Waals surface area contributed by atoms with Crippen molar-refractivity contribution < 1.29 is 42.1 Å². The minimum Gasteiger partial charge on any atom is -0.462 e. The Hall–Kier alpha value is -0.990. The summed E-state index contributed by atoms with van der Waals surface area (Å²) in [6, 6.07) is 0. The lowest BCUT2D eigenvalue weighted by molar-refractivity contribution is -0.870. The molecule has 9 nitrogen and oxygen atoms in total. The largest absolute Gasteiger partial charge is 0.472 e.